The molecule has 0 bridgehead atoms. The van der Waals surface area contributed by atoms with E-state index in [0.29, 0.717) is 12.8 Å². The molecule has 1 saturated carbocycles. The summed E-state index contributed by atoms with van der Waals surface area (Å²) in [6, 6.07) is -0.234. The fourth-order valence-electron chi connectivity index (χ4n) is 2.57. The van der Waals surface area contributed by atoms with Gasteiger partial charge in [0.1, 0.15) is 0 Å². The Balaban J connectivity index is 2.03. The molecule has 0 amide bonds. The second kappa shape index (κ2) is 5.30. The summed E-state index contributed by atoms with van der Waals surface area (Å²) in [4.78, 5) is 0. The highest BCUT2D eigenvalue weighted by Gasteiger charge is 2.37. The van der Waals surface area contributed by atoms with Gasteiger partial charge in [0, 0.05) is 19.4 Å². The Morgan fingerprint density at radius 1 is 1.50 bits per heavy atom. The number of alkyl halides is 2. The van der Waals surface area contributed by atoms with E-state index in [1.54, 1.807) is 10.9 Å². The van der Waals surface area contributed by atoms with Gasteiger partial charge in [-0.1, -0.05) is 12.1 Å². The summed E-state index contributed by atoms with van der Waals surface area (Å²) in [5, 5.41) is 7.86. The molecule has 1 aromatic rings. The van der Waals surface area contributed by atoms with Crippen LogP contribution in [0.2, 0.25) is 0 Å². The summed E-state index contributed by atoms with van der Waals surface area (Å²) in [5.41, 5.74) is 7.06. The average molecular weight is 258 g/mol. The van der Waals surface area contributed by atoms with Crippen molar-refractivity contribution in [1.82, 2.24) is 15.0 Å². The first-order valence-corrected chi connectivity index (χ1v) is 6.55. The third-order valence-electron chi connectivity index (χ3n) is 3.69. The molecule has 0 aromatic carbocycles. The number of nitrogens with zero attached hydrogens (tertiary/aromatic N) is 3. The van der Waals surface area contributed by atoms with Crippen LogP contribution in [0, 0.1) is 5.92 Å². The largest absolute Gasteiger partial charge is 0.322 e. The van der Waals surface area contributed by atoms with Crippen LogP contribution < -0.4 is 5.73 Å². The van der Waals surface area contributed by atoms with E-state index in [1.807, 2.05) is 0 Å². The molecule has 1 fully saturated rings. The minimum atomic E-state index is -2.50. The third kappa shape index (κ3) is 2.85. The third-order valence-corrected chi connectivity index (χ3v) is 3.69. The maximum atomic E-state index is 13.1. The molecule has 0 radical (unpaired) electrons. The first-order chi connectivity index (χ1) is 8.53. The molecular formula is C12H20F2N4. The number of hydrogen-bond acceptors (Lipinski definition) is 3. The van der Waals surface area contributed by atoms with Crippen LogP contribution in [-0.4, -0.2) is 20.9 Å². The second-order valence-corrected chi connectivity index (χ2v) is 5.10. The molecule has 1 aromatic heterocycles. The molecule has 0 spiro atoms. The van der Waals surface area contributed by atoms with Crippen LogP contribution in [0.3, 0.4) is 0 Å². The average Bonchev–Trinajstić information content (AvgIpc) is 2.77. The van der Waals surface area contributed by atoms with Crippen LogP contribution in [-0.2, 0) is 6.54 Å². The van der Waals surface area contributed by atoms with Crippen LogP contribution in [0.1, 0.15) is 50.8 Å². The molecule has 102 valence electrons. The van der Waals surface area contributed by atoms with Crippen molar-refractivity contribution < 1.29 is 8.78 Å². The lowest BCUT2D eigenvalue weighted by atomic mass is 9.81. The van der Waals surface area contributed by atoms with Crippen molar-refractivity contribution in [1.29, 1.82) is 0 Å². The van der Waals surface area contributed by atoms with Crippen molar-refractivity contribution in [2.24, 2.45) is 11.7 Å². The smallest absolute Gasteiger partial charge is 0.248 e. The molecule has 18 heavy (non-hydrogen) atoms. The SMILES string of the molecule is CCCn1nncc1C(N)C1CCC(F)(F)CC1. The van der Waals surface area contributed by atoms with Gasteiger partial charge in [0.15, 0.2) is 0 Å². The van der Waals surface area contributed by atoms with Crippen LogP contribution in [0.25, 0.3) is 0 Å². The van der Waals surface area contributed by atoms with E-state index in [2.05, 4.69) is 17.2 Å². The van der Waals surface area contributed by atoms with Crippen molar-refractivity contribution in [2.75, 3.05) is 0 Å². The summed E-state index contributed by atoms with van der Waals surface area (Å²) in [6.45, 7) is 2.82. The first kappa shape index (κ1) is 13.4. The molecule has 0 aliphatic heterocycles. The van der Waals surface area contributed by atoms with Crippen molar-refractivity contribution in [3.63, 3.8) is 0 Å². The predicted octanol–water partition coefficient (Wildman–Crippen LogP) is 2.51. The van der Waals surface area contributed by atoms with E-state index in [1.165, 1.54) is 0 Å². The summed E-state index contributed by atoms with van der Waals surface area (Å²) < 4.78 is 28.0. The molecule has 1 unspecified atom stereocenters. The lowest BCUT2D eigenvalue weighted by molar-refractivity contribution is -0.0486. The summed E-state index contributed by atoms with van der Waals surface area (Å²) in [5.74, 6) is -2.39. The predicted molar refractivity (Wildman–Crippen MR) is 64.1 cm³/mol. The molecule has 1 heterocycles. The zero-order chi connectivity index (χ0) is 13.2. The Morgan fingerprint density at radius 2 is 2.17 bits per heavy atom. The lowest BCUT2D eigenvalue weighted by Gasteiger charge is -2.31. The molecule has 6 heteroatoms. The zero-order valence-corrected chi connectivity index (χ0v) is 10.6. The molecule has 2 rings (SSSR count). The fraction of sp³-hybridized carbons (Fsp3) is 0.833. The van der Waals surface area contributed by atoms with E-state index in [-0.39, 0.29) is 24.8 Å². The summed E-state index contributed by atoms with van der Waals surface area (Å²) >= 11 is 0. The number of rotatable bonds is 4. The summed E-state index contributed by atoms with van der Waals surface area (Å²) in [6.07, 6.45) is 3.46. The van der Waals surface area contributed by atoms with Gasteiger partial charge in [0.2, 0.25) is 5.92 Å². The minimum absolute atomic E-state index is 0.0549. The molecule has 1 atom stereocenters. The van der Waals surface area contributed by atoms with Gasteiger partial charge < -0.3 is 5.73 Å². The van der Waals surface area contributed by atoms with Crippen molar-refractivity contribution in [3.05, 3.63) is 11.9 Å². The molecular weight excluding hydrogens is 238 g/mol. The quantitative estimate of drug-likeness (QED) is 0.902. The van der Waals surface area contributed by atoms with Crippen molar-refractivity contribution in [3.8, 4) is 0 Å². The van der Waals surface area contributed by atoms with E-state index in [4.69, 9.17) is 5.73 Å². The Bertz CT molecular complexity index is 381. The van der Waals surface area contributed by atoms with Gasteiger partial charge in [-0.3, -0.25) is 0 Å². The Kier molecular flexibility index (Phi) is 3.94. The minimum Gasteiger partial charge on any atom is -0.322 e. The van der Waals surface area contributed by atoms with Crippen molar-refractivity contribution >= 4 is 0 Å². The van der Waals surface area contributed by atoms with Gasteiger partial charge in [-0.05, 0) is 25.2 Å². The van der Waals surface area contributed by atoms with Crippen LogP contribution >= 0.6 is 0 Å². The molecule has 4 nitrogen and oxygen atoms in total. The Morgan fingerprint density at radius 3 is 2.78 bits per heavy atom. The van der Waals surface area contributed by atoms with Crippen molar-refractivity contribution in [2.45, 2.75) is 57.5 Å². The molecule has 1 aliphatic carbocycles. The van der Waals surface area contributed by atoms with E-state index in [9.17, 15) is 8.78 Å². The molecule has 1 aliphatic rings. The van der Waals surface area contributed by atoms with E-state index < -0.39 is 5.92 Å². The van der Waals surface area contributed by atoms with E-state index in [0.717, 1.165) is 18.7 Å². The maximum Gasteiger partial charge on any atom is 0.248 e. The number of aromatic nitrogens is 3. The monoisotopic (exact) mass is 258 g/mol. The van der Waals surface area contributed by atoms with Gasteiger partial charge in [-0.25, -0.2) is 13.5 Å². The maximum absolute atomic E-state index is 13.1. The second-order valence-electron chi connectivity index (χ2n) is 5.10. The highest BCUT2D eigenvalue weighted by Crippen LogP contribution is 2.40. The summed E-state index contributed by atoms with van der Waals surface area (Å²) in [7, 11) is 0. The number of hydrogen-bond donors (Lipinski definition) is 1. The number of halogens is 2. The zero-order valence-electron chi connectivity index (χ0n) is 10.6. The number of nitrogens with two attached hydrogens (primary N) is 1. The topological polar surface area (TPSA) is 56.7 Å². The standard InChI is InChI=1S/C12H20F2N4/c1-2-7-18-10(8-16-17-18)11(15)9-3-5-12(13,14)6-4-9/h8-9,11H,2-7,15H2,1H3. The van der Waals surface area contributed by atoms with E-state index >= 15 is 0 Å². The van der Waals surface area contributed by atoms with Gasteiger partial charge >= 0.3 is 0 Å². The highest BCUT2D eigenvalue weighted by atomic mass is 19.3. The van der Waals surface area contributed by atoms with Gasteiger partial charge in [0.05, 0.1) is 17.9 Å². The fourth-order valence-corrected chi connectivity index (χ4v) is 2.57. The van der Waals surface area contributed by atoms with Crippen LogP contribution in [0.5, 0.6) is 0 Å². The molecule has 0 saturated heterocycles. The molecule has 2 N–H and O–H groups in total. The first-order valence-electron chi connectivity index (χ1n) is 6.55. The van der Waals surface area contributed by atoms with Crippen LogP contribution in [0.15, 0.2) is 6.20 Å². The lowest BCUT2D eigenvalue weighted by Crippen LogP contribution is -2.32. The normalized spacial score (nSPS) is 22.0. The van der Waals surface area contributed by atoms with Gasteiger partial charge in [-0.2, -0.15) is 0 Å². The number of aryl methyl sites for hydroxylation is 1. The van der Waals surface area contributed by atoms with Gasteiger partial charge in [0.25, 0.3) is 0 Å². The van der Waals surface area contributed by atoms with Crippen LogP contribution in [0.4, 0.5) is 8.78 Å². The Hall–Kier alpha value is -1.04. The van der Waals surface area contributed by atoms with Gasteiger partial charge in [-0.15, -0.1) is 5.10 Å². The highest BCUT2D eigenvalue weighted by molar-refractivity contribution is 5.04. The Labute approximate surface area is 106 Å².